The molecule has 0 amide bonds. The van der Waals surface area contributed by atoms with E-state index in [1.165, 1.54) is 25.3 Å². The van der Waals surface area contributed by atoms with Gasteiger partial charge in [0.25, 0.3) is 0 Å². The molecule has 0 aliphatic rings. The summed E-state index contributed by atoms with van der Waals surface area (Å²) in [6.45, 7) is 0. The molecule has 1 rings (SSSR count). The number of carbonyl (C=O) groups is 1. The first-order chi connectivity index (χ1) is 8.08. The molecule has 0 heterocycles. The number of nitro benzene ring substituents is 1. The van der Waals surface area contributed by atoms with Crippen molar-refractivity contribution >= 4 is 23.4 Å². The van der Waals surface area contributed by atoms with Crippen molar-refractivity contribution in [1.29, 1.82) is 0 Å². The van der Waals surface area contributed by atoms with Crippen LogP contribution in [0, 0.1) is 10.1 Å². The molecule has 90 valence electrons. The Morgan fingerprint density at radius 3 is 2.76 bits per heavy atom. The topological polar surface area (TPSA) is 86.0 Å². The van der Waals surface area contributed by atoms with Crippen LogP contribution in [0.4, 0.5) is 11.4 Å². The van der Waals surface area contributed by atoms with Crippen LogP contribution in [0.15, 0.2) is 24.3 Å². The summed E-state index contributed by atoms with van der Waals surface area (Å²) in [4.78, 5) is 21.2. The SMILES string of the molecule is C[NH2+]c1ccc(/C=C/C(=O)OC)cc1[N+](=O)[O-]. The Balaban J connectivity index is 3.04. The smallest absolute Gasteiger partial charge is 0.330 e. The van der Waals surface area contributed by atoms with Crippen molar-refractivity contribution in [3.8, 4) is 0 Å². The third-order valence-electron chi connectivity index (χ3n) is 2.18. The average Bonchev–Trinajstić information content (AvgIpc) is 2.35. The van der Waals surface area contributed by atoms with Gasteiger partial charge in [-0.25, -0.2) is 4.79 Å². The van der Waals surface area contributed by atoms with Gasteiger partial charge < -0.3 is 10.1 Å². The van der Waals surface area contributed by atoms with E-state index in [9.17, 15) is 14.9 Å². The van der Waals surface area contributed by atoms with Gasteiger partial charge in [0, 0.05) is 18.2 Å². The van der Waals surface area contributed by atoms with Gasteiger partial charge in [-0.1, -0.05) is 0 Å². The van der Waals surface area contributed by atoms with E-state index in [1.807, 2.05) is 0 Å². The van der Waals surface area contributed by atoms with Crippen LogP contribution in [0.3, 0.4) is 0 Å². The summed E-state index contributed by atoms with van der Waals surface area (Å²) in [6, 6.07) is 4.74. The number of quaternary nitrogens is 1. The first-order valence-electron chi connectivity index (χ1n) is 4.92. The molecule has 6 heteroatoms. The van der Waals surface area contributed by atoms with Gasteiger partial charge in [-0.2, -0.15) is 0 Å². The second kappa shape index (κ2) is 5.76. The van der Waals surface area contributed by atoms with Crippen molar-refractivity contribution in [2.24, 2.45) is 0 Å². The Morgan fingerprint density at radius 1 is 1.53 bits per heavy atom. The van der Waals surface area contributed by atoms with Gasteiger partial charge in [0.05, 0.1) is 19.1 Å². The second-order valence-electron chi connectivity index (χ2n) is 3.22. The predicted molar refractivity (Wildman–Crippen MR) is 61.7 cm³/mol. The normalized spacial score (nSPS) is 10.5. The number of hydrogen-bond donors (Lipinski definition) is 1. The molecule has 0 radical (unpaired) electrons. The summed E-state index contributed by atoms with van der Waals surface area (Å²) in [7, 11) is 3.00. The van der Waals surface area contributed by atoms with Gasteiger partial charge in [0.15, 0.2) is 0 Å². The Labute approximate surface area is 98.0 Å². The Bertz CT molecular complexity index is 469. The lowest BCUT2D eigenvalue weighted by Crippen LogP contribution is -2.72. The zero-order chi connectivity index (χ0) is 12.8. The molecule has 0 aliphatic heterocycles. The van der Waals surface area contributed by atoms with Crippen molar-refractivity contribution in [2.45, 2.75) is 0 Å². The summed E-state index contributed by atoms with van der Waals surface area (Å²) in [5.74, 6) is -0.501. The Hall–Kier alpha value is -2.21. The van der Waals surface area contributed by atoms with Crippen molar-refractivity contribution < 1.29 is 19.8 Å². The third kappa shape index (κ3) is 3.39. The van der Waals surface area contributed by atoms with E-state index >= 15 is 0 Å². The van der Waals surface area contributed by atoms with Crippen LogP contribution in [0.25, 0.3) is 6.08 Å². The van der Waals surface area contributed by atoms with E-state index in [2.05, 4.69) is 4.74 Å². The minimum absolute atomic E-state index is 0.0134. The number of hydrogen-bond acceptors (Lipinski definition) is 4. The molecule has 0 fully saturated rings. The summed E-state index contributed by atoms with van der Waals surface area (Å²) < 4.78 is 4.43. The molecule has 1 aromatic carbocycles. The Morgan fingerprint density at radius 2 is 2.24 bits per heavy atom. The number of methoxy groups -OCH3 is 1. The number of nitrogens with zero attached hydrogens (tertiary/aromatic N) is 1. The maximum Gasteiger partial charge on any atom is 0.330 e. The van der Waals surface area contributed by atoms with Gasteiger partial charge in [-0.3, -0.25) is 10.1 Å². The molecular formula is C11H13N2O4+. The van der Waals surface area contributed by atoms with Crippen molar-refractivity contribution in [1.82, 2.24) is 0 Å². The van der Waals surface area contributed by atoms with Gasteiger partial charge in [0.2, 0.25) is 5.69 Å². The lowest BCUT2D eigenvalue weighted by molar-refractivity contribution is -0.546. The molecular weight excluding hydrogens is 224 g/mol. The number of esters is 1. The fourth-order valence-corrected chi connectivity index (χ4v) is 1.30. The third-order valence-corrected chi connectivity index (χ3v) is 2.18. The lowest BCUT2D eigenvalue weighted by atomic mass is 10.1. The van der Waals surface area contributed by atoms with Crippen LogP contribution < -0.4 is 5.32 Å². The fraction of sp³-hybridized carbons (Fsp3) is 0.182. The van der Waals surface area contributed by atoms with E-state index in [4.69, 9.17) is 0 Å². The van der Waals surface area contributed by atoms with Crippen LogP contribution in [0.2, 0.25) is 0 Å². The first-order valence-corrected chi connectivity index (χ1v) is 4.92. The molecule has 0 saturated heterocycles. The highest BCUT2D eigenvalue weighted by molar-refractivity contribution is 5.87. The van der Waals surface area contributed by atoms with Gasteiger partial charge >= 0.3 is 11.7 Å². The van der Waals surface area contributed by atoms with E-state index in [0.717, 1.165) is 0 Å². The number of benzene rings is 1. The number of rotatable bonds is 4. The Kier molecular flexibility index (Phi) is 4.36. The highest BCUT2D eigenvalue weighted by Crippen LogP contribution is 2.21. The standard InChI is InChI=1S/C11H12N2O4/c1-12-9-5-3-8(4-6-11(14)17-2)7-10(9)13(15)16/h3-7,12H,1-2H3/p+1/b6-4+. The fourth-order valence-electron chi connectivity index (χ4n) is 1.30. The average molecular weight is 237 g/mol. The maximum absolute atomic E-state index is 10.9. The lowest BCUT2D eigenvalue weighted by Gasteiger charge is -1.99. The van der Waals surface area contributed by atoms with Gasteiger partial charge in [-0.15, -0.1) is 0 Å². The van der Waals surface area contributed by atoms with Gasteiger partial charge in [0.1, 0.15) is 0 Å². The second-order valence-corrected chi connectivity index (χ2v) is 3.22. The minimum Gasteiger partial charge on any atom is -0.466 e. The molecule has 0 aromatic heterocycles. The van der Waals surface area contributed by atoms with Crippen molar-refractivity contribution in [3.05, 3.63) is 40.0 Å². The zero-order valence-electron chi connectivity index (χ0n) is 9.54. The summed E-state index contributed by atoms with van der Waals surface area (Å²) in [5, 5.41) is 12.5. The predicted octanol–water partition coefficient (Wildman–Crippen LogP) is 0.606. The number of carbonyl (C=O) groups excluding carboxylic acids is 1. The monoisotopic (exact) mass is 237 g/mol. The molecule has 0 atom stereocenters. The number of nitrogens with two attached hydrogens (primary N) is 1. The van der Waals surface area contributed by atoms with Crippen LogP contribution >= 0.6 is 0 Å². The molecule has 0 unspecified atom stereocenters. The van der Waals surface area contributed by atoms with E-state index in [1.54, 1.807) is 24.5 Å². The van der Waals surface area contributed by atoms with Crippen LogP contribution in [0.1, 0.15) is 5.56 Å². The van der Waals surface area contributed by atoms with Crippen LogP contribution in [-0.4, -0.2) is 25.1 Å². The van der Waals surface area contributed by atoms with Crippen LogP contribution in [-0.2, 0) is 9.53 Å². The molecule has 0 bridgehead atoms. The maximum atomic E-state index is 10.9. The highest BCUT2D eigenvalue weighted by atomic mass is 16.6. The number of ether oxygens (including phenoxy) is 1. The molecule has 0 aliphatic carbocycles. The molecule has 6 nitrogen and oxygen atoms in total. The van der Waals surface area contributed by atoms with Gasteiger partial charge in [-0.05, 0) is 17.7 Å². The van der Waals surface area contributed by atoms with Crippen LogP contribution in [0.5, 0.6) is 0 Å². The largest absolute Gasteiger partial charge is 0.466 e. The van der Waals surface area contributed by atoms with Crippen molar-refractivity contribution in [3.63, 3.8) is 0 Å². The molecule has 17 heavy (non-hydrogen) atoms. The first kappa shape index (κ1) is 12.9. The highest BCUT2D eigenvalue weighted by Gasteiger charge is 2.15. The molecule has 0 spiro atoms. The van der Waals surface area contributed by atoms with E-state index < -0.39 is 10.9 Å². The molecule has 1 aromatic rings. The van der Waals surface area contributed by atoms with Crippen molar-refractivity contribution in [2.75, 3.05) is 14.2 Å². The van der Waals surface area contributed by atoms with E-state index in [0.29, 0.717) is 11.3 Å². The minimum atomic E-state index is -0.501. The molecule has 2 N–H and O–H groups in total. The number of nitro groups is 1. The summed E-state index contributed by atoms with van der Waals surface area (Å²) >= 11 is 0. The zero-order valence-corrected chi connectivity index (χ0v) is 9.54. The summed E-state index contributed by atoms with van der Waals surface area (Å²) in [5.41, 5.74) is 1.14. The summed E-state index contributed by atoms with van der Waals surface area (Å²) in [6.07, 6.45) is 2.69. The molecule has 0 saturated carbocycles. The van der Waals surface area contributed by atoms with E-state index in [-0.39, 0.29) is 5.69 Å². The quantitative estimate of drug-likeness (QED) is 0.273.